The van der Waals surface area contributed by atoms with Gasteiger partial charge >= 0.3 is 0 Å². The Balaban J connectivity index is 2.24. The zero-order valence-electron chi connectivity index (χ0n) is 11.9. The van der Waals surface area contributed by atoms with Crippen LogP contribution in [0.2, 0.25) is 0 Å². The van der Waals surface area contributed by atoms with E-state index in [0.29, 0.717) is 6.42 Å². The number of nitrogens with two attached hydrogens (primary N) is 1. The van der Waals surface area contributed by atoms with E-state index >= 15 is 0 Å². The summed E-state index contributed by atoms with van der Waals surface area (Å²) < 4.78 is 2.00. The van der Waals surface area contributed by atoms with Crippen LogP contribution >= 0.6 is 0 Å². The molecule has 0 aliphatic heterocycles. The smallest absolute Gasteiger partial charge is 0.157 e. The standard InChI is InChI=1S/C14H20N4O2/c1-8(2)18-9(3)16-17-14(18)11(15)6-10-4-5-12(19)13(20)7-10/h4-5,7-8,11,19-20H,6,15H2,1-3H3. The number of aryl methyl sites for hydroxylation is 1. The van der Waals surface area contributed by atoms with E-state index < -0.39 is 0 Å². The second-order valence-corrected chi connectivity index (χ2v) is 5.20. The number of rotatable bonds is 4. The van der Waals surface area contributed by atoms with E-state index in [2.05, 4.69) is 24.0 Å². The molecule has 1 atom stereocenters. The first-order chi connectivity index (χ1) is 9.40. The van der Waals surface area contributed by atoms with Crippen molar-refractivity contribution in [2.75, 3.05) is 0 Å². The second kappa shape index (κ2) is 5.50. The third-order valence-electron chi connectivity index (χ3n) is 3.24. The first-order valence-electron chi connectivity index (χ1n) is 6.58. The van der Waals surface area contributed by atoms with E-state index in [9.17, 15) is 10.2 Å². The zero-order chi connectivity index (χ0) is 14.9. The fourth-order valence-corrected chi connectivity index (χ4v) is 2.32. The average Bonchev–Trinajstić information content (AvgIpc) is 2.76. The summed E-state index contributed by atoms with van der Waals surface area (Å²) in [5, 5.41) is 27.0. The molecule has 4 N–H and O–H groups in total. The van der Waals surface area contributed by atoms with Gasteiger partial charge in [-0.15, -0.1) is 10.2 Å². The van der Waals surface area contributed by atoms with Crippen molar-refractivity contribution in [1.29, 1.82) is 0 Å². The van der Waals surface area contributed by atoms with Gasteiger partial charge in [0.05, 0.1) is 6.04 Å². The van der Waals surface area contributed by atoms with Crippen LogP contribution in [0.1, 0.15) is 43.1 Å². The highest BCUT2D eigenvalue weighted by Crippen LogP contribution is 2.27. The largest absolute Gasteiger partial charge is 0.504 e. The quantitative estimate of drug-likeness (QED) is 0.740. The Hall–Kier alpha value is -2.08. The molecule has 6 heteroatoms. The maximum Gasteiger partial charge on any atom is 0.157 e. The van der Waals surface area contributed by atoms with E-state index in [-0.39, 0.29) is 23.6 Å². The Labute approximate surface area is 117 Å². The molecule has 0 saturated carbocycles. The van der Waals surface area contributed by atoms with Crippen LogP contribution in [0.25, 0.3) is 0 Å². The molecule has 0 saturated heterocycles. The lowest BCUT2D eigenvalue weighted by Gasteiger charge is -2.17. The van der Waals surface area contributed by atoms with Crippen molar-refractivity contribution in [2.45, 2.75) is 39.3 Å². The fraction of sp³-hybridized carbons (Fsp3) is 0.429. The van der Waals surface area contributed by atoms with Gasteiger partial charge in [0.1, 0.15) is 5.82 Å². The first kappa shape index (κ1) is 14.3. The Bertz CT molecular complexity index is 607. The molecule has 0 amide bonds. The fourth-order valence-electron chi connectivity index (χ4n) is 2.32. The van der Waals surface area contributed by atoms with Crippen LogP contribution in [-0.2, 0) is 6.42 Å². The van der Waals surface area contributed by atoms with Gasteiger partial charge in [0.15, 0.2) is 17.3 Å². The number of nitrogens with zero attached hydrogens (tertiary/aromatic N) is 3. The number of aromatic nitrogens is 3. The highest BCUT2D eigenvalue weighted by molar-refractivity contribution is 5.40. The molecule has 1 aromatic heterocycles. The van der Waals surface area contributed by atoms with Gasteiger partial charge in [-0.25, -0.2) is 0 Å². The van der Waals surface area contributed by atoms with Crippen LogP contribution in [0.5, 0.6) is 11.5 Å². The number of benzene rings is 1. The molecule has 6 nitrogen and oxygen atoms in total. The summed E-state index contributed by atoms with van der Waals surface area (Å²) in [6.07, 6.45) is 0.513. The van der Waals surface area contributed by atoms with Gasteiger partial charge in [-0.3, -0.25) is 0 Å². The molecular formula is C14H20N4O2. The third-order valence-corrected chi connectivity index (χ3v) is 3.24. The van der Waals surface area contributed by atoms with Gasteiger partial charge in [0.25, 0.3) is 0 Å². The van der Waals surface area contributed by atoms with Crippen LogP contribution in [0.3, 0.4) is 0 Å². The highest BCUT2D eigenvalue weighted by Gasteiger charge is 2.18. The van der Waals surface area contributed by atoms with E-state index in [0.717, 1.165) is 17.2 Å². The highest BCUT2D eigenvalue weighted by atomic mass is 16.3. The van der Waals surface area contributed by atoms with Crippen molar-refractivity contribution >= 4 is 0 Å². The minimum absolute atomic E-state index is 0.136. The lowest BCUT2D eigenvalue weighted by Crippen LogP contribution is -2.20. The molecule has 0 fully saturated rings. The number of phenols is 2. The van der Waals surface area contributed by atoms with Crippen molar-refractivity contribution in [3.05, 3.63) is 35.4 Å². The van der Waals surface area contributed by atoms with Crippen molar-refractivity contribution in [1.82, 2.24) is 14.8 Å². The number of hydrogen-bond acceptors (Lipinski definition) is 5. The second-order valence-electron chi connectivity index (χ2n) is 5.20. The van der Waals surface area contributed by atoms with Gasteiger partial charge in [-0.2, -0.15) is 0 Å². The summed E-state index contributed by atoms with van der Waals surface area (Å²) in [6.45, 7) is 6.01. The number of aromatic hydroxyl groups is 2. The summed E-state index contributed by atoms with van der Waals surface area (Å²) in [5.74, 6) is 1.28. The molecule has 1 aromatic carbocycles. The van der Waals surface area contributed by atoms with Crippen LogP contribution in [0, 0.1) is 6.92 Å². The Morgan fingerprint density at radius 1 is 1.20 bits per heavy atom. The van der Waals surface area contributed by atoms with Crippen molar-refractivity contribution in [2.24, 2.45) is 5.73 Å². The molecular weight excluding hydrogens is 256 g/mol. The summed E-state index contributed by atoms with van der Waals surface area (Å²) in [5.41, 5.74) is 7.04. The lowest BCUT2D eigenvalue weighted by molar-refractivity contribution is 0.403. The summed E-state index contributed by atoms with van der Waals surface area (Å²) in [7, 11) is 0. The maximum atomic E-state index is 9.51. The number of hydrogen-bond donors (Lipinski definition) is 3. The molecule has 0 radical (unpaired) electrons. The Morgan fingerprint density at radius 3 is 2.50 bits per heavy atom. The van der Waals surface area contributed by atoms with Crippen molar-refractivity contribution in [3.63, 3.8) is 0 Å². The monoisotopic (exact) mass is 276 g/mol. The predicted molar refractivity (Wildman–Crippen MR) is 75.5 cm³/mol. The normalized spacial score (nSPS) is 12.8. The van der Waals surface area contributed by atoms with Crippen molar-refractivity contribution < 1.29 is 10.2 Å². The van der Waals surface area contributed by atoms with Gasteiger partial charge in [0.2, 0.25) is 0 Å². The maximum absolute atomic E-state index is 9.51. The van der Waals surface area contributed by atoms with E-state index in [1.807, 2.05) is 11.5 Å². The van der Waals surface area contributed by atoms with E-state index in [1.165, 1.54) is 12.1 Å². The van der Waals surface area contributed by atoms with Crippen LogP contribution in [0.4, 0.5) is 0 Å². The molecule has 0 aliphatic rings. The topological polar surface area (TPSA) is 97.2 Å². The molecule has 1 heterocycles. The molecule has 108 valence electrons. The Kier molecular flexibility index (Phi) is 3.94. The molecule has 2 aromatic rings. The SMILES string of the molecule is Cc1nnc(C(N)Cc2ccc(O)c(O)c2)n1C(C)C. The number of phenolic OH excluding ortho intramolecular Hbond substituents is 2. The minimum Gasteiger partial charge on any atom is -0.504 e. The first-order valence-corrected chi connectivity index (χ1v) is 6.58. The Morgan fingerprint density at radius 2 is 1.90 bits per heavy atom. The lowest BCUT2D eigenvalue weighted by atomic mass is 10.1. The van der Waals surface area contributed by atoms with Gasteiger partial charge < -0.3 is 20.5 Å². The molecule has 0 bridgehead atoms. The molecule has 2 rings (SSSR count). The predicted octanol–water partition coefficient (Wildman–Crippen LogP) is 1.82. The van der Waals surface area contributed by atoms with E-state index in [1.54, 1.807) is 6.07 Å². The molecule has 20 heavy (non-hydrogen) atoms. The minimum atomic E-state index is -0.317. The van der Waals surface area contributed by atoms with Crippen LogP contribution in [-0.4, -0.2) is 25.0 Å². The van der Waals surface area contributed by atoms with Crippen LogP contribution < -0.4 is 5.73 Å². The molecule has 0 aliphatic carbocycles. The van der Waals surface area contributed by atoms with Gasteiger partial charge in [-0.05, 0) is 44.9 Å². The van der Waals surface area contributed by atoms with Gasteiger partial charge in [0, 0.05) is 6.04 Å². The summed E-state index contributed by atoms with van der Waals surface area (Å²) in [6, 6.07) is 4.62. The van der Waals surface area contributed by atoms with Crippen molar-refractivity contribution in [3.8, 4) is 11.5 Å². The molecule has 1 unspecified atom stereocenters. The van der Waals surface area contributed by atoms with E-state index in [4.69, 9.17) is 5.73 Å². The average molecular weight is 276 g/mol. The van der Waals surface area contributed by atoms with Gasteiger partial charge in [-0.1, -0.05) is 6.07 Å². The third kappa shape index (κ3) is 2.75. The zero-order valence-corrected chi connectivity index (χ0v) is 11.9. The summed E-state index contributed by atoms with van der Waals surface area (Å²) >= 11 is 0. The van der Waals surface area contributed by atoms with Crippen LogP contribution in [0.15, 0.2) is 18.2 Å². The summed E-state index contributed by atoms with van der Waals surface area (Å²) in [4.78, 5) is 0. The molecule has 0 spiro atoms.